The average Bonchev–Trinajstić information content (AvgIpc) is 3.00. The lowest BCUT2D eigenvalue weighted by Crippen LogP contribution is -2.28. The summed E-state index contributed by atoms with van der Waals surface area (Å²) in [5.74, 6) is 0.616. The van der Waals surface area contributed by atoms with E-state index in [0.717, 1.165) is 23.9 Å². The van der Waals surface area contributed by atoms with Gasteiger partial charge < -0.3 is 14.4 Å². The molecule has 1 atom stereocenters. The molecule has 192 valence electrons. The lowest BCUT2D eigenvalue weighted by Gasteiger charge is -2.32. The van der Waals surface area contributed by atoms with Gasteiger partial charge >= 0.3 is 13.9 Å². The highest BCUT2D eigenvalue weighted by molar-refractivity contribution is 7.48. The number of hydrogen-bond acceptors (Lipinski definition) is 8. The maximum absolute atomic E-state index is 13.3. The van der Waals surface area contributed by atoms with Crippen LogP contribution in [-0.2, 0) is 29.3 Å². The zero-order chi connectivity index (χ0) is 25.9. The van der Waals surface area contributed by atoms with Crippen LogP contribution in [0.1, 0.15) is 54.0 Å². The van der Waals surface area contributed by atoms with Gasteiger partial charge in [-0.15, -0.1) is 0 Å². The Kier molecular flexibility index (Phi) is 8.99. The van der Waals surface area contributed by atoms with Crippen molar-refractivity contribution >= 4 is 24.8 Å². The lowest BCUT2D eigenvalue weighted by atomic mass is 10.1. The SMILES string of the molecule is COc1ccc2c(CCN(C)C)cn(C(=O)OC(C)OP(=O)(OC(C)(C)C)OC(C)(C)C)c2c1. The molecule has 0 amide bonds. The summed E-state index contributed by atoms with van der Waals surface area (Å²) < 4.78 is 42.3. The minimum atomic E-state index is -4.06. The number of phosphoric acid groups is 1. The molecular weight excluding hydrogens is 459 g/mol. The molecule has 9 nitrogen and oxygen atoms in total. The molecule has 1 aromatic heterocycles. The van der Waals surface area contributed by atoms with E-state index in [0.29, 0.717) is 11.3 Å². The maximum atomic E-state index is 13.3. The summed E-state index contributed by atoms with van der Waals surface area (Å²) in [7, 11) is 1.50. The number of likely N-dealkylation sites (N-methyl/N-ethyl adjacent to an activating group) is 1. The molecule has 0 aliphatic carbocycles. The summed E-state index contributed by atoms with van der Waals surface area (Å²) in [6.45, 7) is 12.7. The molecule has 2 rings (SSSR count). The van der Waals surface area contributed by atoms with E-state index in [-0.39, 0.29) is 0 Å². The number of ether oxygens (including phenoxy) is 2. The van der Waals surface area contributed by atoms with E-state index in [4.69, 9.17) is 23.0 Å². The van der Waals surface area contributed by atoms with Crippen LogP contribution in [0.25, 0.3) is 10.9 Å². The molecule has 0 saturated carbocycles. The Hall–Kier alpha value is -1.90. The molecule has 10 heteroatoms. The van der Waals surface area contributed by atoms with Gasteiger partial charge in [0.1, 0.15) is 5.75 Å². The summed E-state index contributed by atoms with van der Waals surface area (Å²) in [4.78, 5) is 15.2. The second-order valence-electron chi connectivity index (χ2n) is 10.4. The summed E-state index contributed by atoms with van der Waals surface area (Å²) in [5.41, 5.74) is 0.0259. The largest absolute Gasteiger partial charge is 0.497 e. The van der Waals surface area contributed by atoms with Crippen molar-refractivity contribution in [2.45, 2.75) is 72.4 Å². The van der Waals surface area contributed by atoms with Gasteiger partial charge in [-0.3, -0.25) is 13.6 Å². The minimum absolute atomic E-state index is 0.616. The topological polar surface area (TPSA) is 88.5 Å². The number of methoxy groups -OCH3 is 1. The van der Waals surface area contributed by atoms with Crippen LogP contribution in [0.15, 0.2) is 24.4 Å². The van der Waals surface area contributed by atoms with E-state index in [1.54, 1.807) is 60.9 Å². The van der Waals surface area contributed by atoms with Crippen molar-refractivity contribution in [2.24, 2.45) is 0 Å². The van der Waals surface area contributed by atoms with Gasteiger partial charge in [0.25, 0.3) is 0 Å². The Labute approximate surface area is 202 Å². The molecule has 0 aliphatic rings. The minimum Gasteiger partial charge on any atom is -0.497 e. The number of benzene rings is 1. The molecule has 2 aromatic rings. The van der Waals surface area contributed by atoms with Gasteiger partial charge in [-0.1, -0.05) is 0 Å². The molecule has 34 heavy (non-hydrogen) atoms. The predicted octanol–water partition coefficient (Wildman–Crippen LogP) is 5.84. The Morgan fingerprint density at radius 2 is 1.68 bits per heavy atom. The zero-order valence-electron chi connectivity index (χ0n) is 22.0. The lowest BCUT2D eigenvalue weighted by molar-refractivity contribution is -0.0709. The second kappa shape index (κ2) is 10.8. The van der Waals surface area contributed by atoms with Crippen molar-refractivity contribution in [1.29, 1.82) is 0 Å². The Morgan fingerprint density at radius 1 is 1.09 bits per heavy atom. The van der Waals surface area contributed by atoms with Crippen LogP contribution in [0.5, 0.6) is 5.75 Å². The molecule has 1 heterocycles. The first-order chi connectivity index (χ1) is 15.5. The molecule has 0 fully saturated rings. The van der Waals surface area contributed by atoms with Gasteiger partial charge in [0.2, 0.25) is 6.29 Å². The molecule has 0 saturated heterocycles. The van der Waals surface area contributed by atoms with Crippen molar-refractivity contribution in [3.05, 3.63) is 30.0 Å². The van der Waals surface area contributed by atoms with Crippen LogP contribution in [-0.4, -0.2) is 60.8 Å². The maximum Gasteiger partial charge on any atom is 0.478 e. The highest BCUT2D eigenvalue weighted by Gasteiger charge is 2.39. The summed E-state index contributed by atoms with van der Waals surface area (Å²) >= 11 is 0. The number of fused-ring (bicyclic) bond motifs is 1. The molecule has 0 bridgehead atoms. The Bertz CT molecular complexity index is 1010. The molecular formula is C24H39N2O7P. The van der Waals surface area contributed by atoms with Gasteiger partial charge in [-0.2, -0.15) is 0 Å². The van der Waals surface area contributed by atoms with Gasteiger partial charge in [-0.05, 0) is 86.7 Å². The standard InChI is InChI=1S/C24H39N2O7P/c1-17(31-34(28,32-23(2,3)4)33-24(5,6)7)30-22(27)26-16-18(13-14-25(8)9)20-12-11-19(29-10)15-21(20)26/h11-12,15-17H,13-14H2,1-10H3. The van der Waals surface area contributed by atoms with Gasteiger partial charge in [0, 0.05) is 24.2 Å². The fourth-order valence-corrected chi connectivity index (χ4v) is 5.10. The smallest absolute Gasteiger partial charge is 0.478 e. The van der Waals surface area contributed by atoms with Crippen molar-refractivity contribution in [3.63, 3.8) is 0 Å². The number of nitrogens with zero attached hydrogens (tertiary/aromatic N) is 2. The van der Waals surface area contributed by atoms with Crippen LogP contribution in [0.2, 0.25) is 0 Å². The van der Waals surface area contributed by atoms with E-state index < -0.39 is 31.4 Å². The molecule has 0 spiro atoms. The quantitative estimate of drug-likeness (QED) is 0.315. The highest BCUT2D eigenvalue weighted by Crippen LogP contribution is 2.56. The van der Waals surface area contributed by atoms with E-state index in [2.05, 4.69) is 4.90 Å². The fraction of sp³-hybridized carbons (Fsp3) is 0.625. The first kappa shape index (κ1) is 28.3. The molecule has 0 N–H and O–H groups in total. The van der Waals surface area contributed by atoms with Crippen molar-refractivity contribution in [1.82, 2.24) is 9.47 Å². The van der Waals surface area contributed by atoms with Crippen LogP contribution in [0.4, 0.5) is 4.79 Å². The fourth-order valence-electron chi connectivity index (χ4n) is 3.23. The first-order valence-electron chi connectivity index (χ1n) is 11.3. The third kappa shape index (κ3) is 8.40. The summed E-state index contributed by atoms with van der Waals surface area (Å²) in [6, 6.07) is 5.55. The first-order valence-corrected chi connectivity index (χ1v) is 12.7. The number of carbonyl (C=O) groups excluding carboxylic acids is 1. The van der Waals surface area contributed by atoms with E-state index in [1.165, 1.54) is 11.5 Å². The van der Waals surface area contributed by atoms with Crippen molar-refractivity contribution < 1.29 is 32.4 Å². The molecule has 1 unspecified atom stereocenters. The highest BCUT2D eigenvalue weighted by atomic mass is 31.2. The third-order valence-corrected chi connectivity index (χ3v) is 6.53. The average molecular weight is 499 g/mol. The van der Waals surface area contributed by atoms with Crippen LogP contribution < -0.4 is 4.74 Å². The van der Waals surface area contributed by atoms with Crippen molar-refractivity contribution in [2.75, 3.05) is 27.7 Å². The van der Waals surface area contributed by atoms with Crippen LogP contribution in [0, 0.1) is 0 Å². The van der Waals surface area contributed by atoms with Gasteiger partial charge in [0.05, 0.1) is 23.8 Å². The Morgan fingerprint density at radius 3 is 2.18 bits per heavy atom. The zero-order valence-corrected chi connectivity index (χ0v) is 22.9. The monoisotopic (exact) mass is 498 g/mol. The second-order valence-corrected chi connectivity index (χ2v) is 11.8. The summed E-state index contributed by atoms with van der Waals surface area (Å²) in [6.07, 6.45) is 0.617. The number of rotatable bonds is 9. The number of aromatic nitrogens is 1. The number of phosphoric ester groups is 1. The predicted molar refractivity (Wildman–Crippen MR) is 132 cm³/mol. The van der Waals surface area contributed by atoms with Crippen LogP contribution in [0.3, 0.4) is 0 Å². The van der Waals surface area contributed by atoms with Gasteiger partial charge in [-0.25, -0.2) is 13.9 Å². The number of carbonyl (C=O) groups is 1. The van der Waals surface area contributed by atoms with E-state index >= 15 is 0 Å². The number of hydrogen-bond donors (Lipinski definition) is 0. The Balaban J connectivity index is 2.30. The van der Waals surface area contributed by atoms with E-state index in [1.807, 2.05) is 26.2 Å². The third-order valence-electron chi connectivity index (χ3n) is 4.44. The molecule has 1 aromatic carbocycles. The van der Waals surface area contributed by atoms with Gasteiger partial charge in [0.15, 0.2) is 0 Å². The summed E-state index contributed by atoms with van der Waals surface area (Å²) in [5, 5.41) is 0.922. The molecule has 0 radical (unpaired) electrons. The molecule has 0 aliphatic heterocycles. The van der Waals surface area contributed by atoms with Crippen LogP contribution >= 0.6 is 7.82 Å². The van der Waals surface area contributed by atoms with E-state index in [9.17, 15) is 9.36 Å². The van der Waals surface area contributed by atoms with Crippen molar-refractivity contribution in [3.8, 4) is 5.75 Å². The normalized spacial score (nSPS) is 14.0.